The standard InChI is InChI=1S/C22H36N2/c1-2-4-12-18-22(20-15-9-6-10-16-20)24-23-21(17-11-3-1)19-13-7-5-8-14-19/h3-4,11-12,19-22H,1-2,5-10,13-18H2/b11-3+,12-4+,24-23+. The van der Waals surface area contributed by atoms with Crippen LogP contribution >= 0.6 is 0 Å². The van der Waals surface area contributed by atoms with Gasteiger partial charge in [0, 0.05) is 0 Å². The van der Waals surface area contributed by atoms with Crippen molar-refractivity contribution >= 4 is 0 Å². The predicted octanol–water partition coefficient (Wildman–Crippen LogP) is 7.02. The second-order valence-corrected chi connectivity index (χ2v) is 8.15. The van der Waals surface area contributed by atoms with E-state index in [-0.39, 0.29) is 0 Å². The average molecular weight is 329 g/mol. The summed E-state index contributed by atoms with van der Waals surface area (Å²) in [5, 5.41) is 9.95. The number of azo groups is 1. The van der Waals surface area contributed by atoms with E-state index in [4.69, 9.17) is 10.2 Å². The minimum atomic E-state index is 0.441. The molecule has 0 N–H and O–H groups in total. The monoisotopic (exact) mass is 328 g/mol. The second-order valence-electron chi connectivity index (χ2n) is 8.15. The Labute approximate surface area is 148 Å². The van der Waals surface area contributed by atoms with Gasteiger partial charge < -0.3 is 0 Å². The summed E-state index contributed by atoms with van der Waals surface area (Å²) in [6, 6.07) is 0.882. The van der Waals surface area contributed by atoms with Crippen molar-refractivity contribution in [1.82, 2.24) is 0 Å². The second kappa shape index (κ2) is 10.2. The molecule has 2 saturated carbocycles. The third-order valence-corrected chi connectivity index (χ3v) is 6.34. The van der Waals surface area contributed by atoms with Crippen molar-refractivity contribution in [3.63, 3.8) is 0 Å². The van der Waals surface area contributed by atoms with Gasteiger partial charge in [-0.25, -0.2) is 0 Å². The molecule has 0 aromatic heterocycles. The van der Waals surface area contributed by atoms with Gasteiger partial charge in [0.2, 0.25) is 0 Å². The number of hydrogen-bond acceptors (Lipinski definition) is 2. The molecule has 24 heavy (non-hydrogen) atoms. The van der Waals surface area contributed by atoms with Gasteiger partial charge >= 0.3 is 0 Å². The lowest BCUT2D eigenvalue weighted by Gasteiger charge is -2.29. The molecule has 0 aromatic rings. The van der Waals surface area contributed by atoms with E-state index in [1.165, 1.54) is 77.0 Å². The molecule has 2 unspecified atom stereocenters. The van der Waals surface area contributed by atoms with Gasteiger partial charge in [-0.3, -0.25) is 0 Å². The third kappa shape index (κ3) is 5.57. The molecule has 1 aliphatic heterocycles. The van der Waals surface area contributed by atoms with Crippen LogP contribution in [0.5, 0.6) is 0 Å². The van der Waals surface area contributed by atoms with Crippen LogP contribution in [0, 0.1) is 11.8 Å². The van der Waals surface area contributed by atoms with Crippen LogP contribution in [0.25, 0.3) is 0 Å². The summed E-state index contributed by atoms with van der Waals surface area (Å²) in [4.78, 5) is 0. The molecule has 2 nitrogen and oxygen atoms in total. The highest BCUT2D eigenvalue weighted by Crippen LogP contribution is 2.33. The minimum absolute atomic E-state index is 0.441. The molecule has 3 aliphatic rings. The summed E-state index contributed by atoms with van der Waals surface area (Å²) in [7, 11) is 0. The highest BCUT2D eigenvalue weighted by Gasteiger charge is 2.25. The Hall–Kier alpha value is -0.920. The molecule has 0 bridgehead atoms. The van der Waals surface area contributed by atoms with Crippen LogP contribution in [0.1, 0.15) is 89.9 Å². The van der Waals surface area contributed by atoms with E-state index >= 15 is 0 Å². The van der Waals surface area contributed by atoms with Crippen molar-refractivity contribution in [1.29, 1.82) is 0 Å². The van der Waals surface area contributed by atoms with Crippen LogP contribution in [-0.4, -0.2) is 12.1 Å². The molecule has 0 spiro atoms. The lowest BCUT2D eigenvalue weighted by Crippen LogP contribution is -2.24. The fourth-order valence-electron chi connectivity index (χ4n) is 4.78. The van der Waals surface area contributed by atoms with Crippen LogP contribution in [0.4, 0.5) is 0 Å². The molecule has 134 valence electrons. The summed E-state index contributed by atoms with van der Waals surface area (Å²) in [6.07, 6.45) is 27.9. The van der Waals surface area contributed by atoms with Crippen LogP contribution in [0.3, 0.4) is 0 Å². The first-order valence-electron chi connectivity index (χ1n) is 10.6. The molecular formula is C22H36N2. The predicted molar refractivity (Wildman–Crippen MR) is 102 cm³/mol. The van der Waals surface area contributed by atoms with E-state index in [2.05, 4.69) is 24.3 Å². The van der Waals surface area contributed by atoms with Crippen molar-refractivity contribution in [3.8, 4) is 0 Å². The van der Waals surface area contributed by atoms with Gasteiger partial charge in [-0.2, -0.15) is 10.2 Å². The van der Waals surface area contributed by atoms with Gasteiger partial charge in [-0.05, 0) is 63.2 Å². The Morgan fingerprint density at radius 3 is 1.33 bits per heavy atom. The van der Waals surface area contributed by atoms with Crippen molar-refractivity contribution in [3.05, 3.63) is 24.3 Å². The SMILES string of the molecule is C1=C/CC(C2CCCCC2)/N=N/C(C2CCCCC2)C/C=C/CC/1. The Kier molecular flexibility index (Phi) is 7.57. The van der Waals surface area contributed by atoms with Crippen molar-refractivity contribution in [2.75, 3.05) is 0 Å². The molecular weight excluding hydrogens is 292 g/mol. The molecule has 0 saturated heterocycles. The van der Waals surface area contributed by atoms with E-state index in [0.717, 1.165) is 24.7 Å². The summed E-state index contributed by atoms with van der Waals surface area (Å²) in [5.41, 5.74) is 0. The van der Waals surface area contributed by atoms with Gasteiger partial charge in [0.1, 0.15) is 0 Å². The molecule has 0 radical (unpaired) electrons. The van der Waals surface area contributed by atoms with Crippen molar-refractivity contribution in [2.45, 2.75) is 102 Å². The molecule has 0 amide bonds. The van der Waals surface area contributed by atoms with Crippen molar-refractivity contribution < 1.29 is 0 Å². The van der Waals surface area contributed by atoms with E-state index in [0.29, 0.717) is 12.1 Å². The Balaban J connectivity index is 1.71. The van der Waals surface area contributed by atoms with E-state index in [1.807, 2.05) is 0 Å². The van der Waals surface area contributed by atoms with Crippen molar-refractivity contribution in [2.24, 2.45) is 22.1 Å². The Morgan fingerprint density at radius 1 is 0.500 bits per heavy atom. The zero-order chi connectivity index (χ0) is 16.5. The molecule has 0 aromatic carbocycles. The fourth-order valence-corrected chi connectivity index (χ4v) is 4.78. The summed E-state index contributed by atoms with van der Waals surface area (Å²) >= 11 is 0. The van der Waals surface area contributed by atoms with Gasteiger partial charge in [0.25, 0.3) is 0 Å². The molecule has 1 heterocycles. The topological polar surface area (TPSA) is 24.7 Å². The summed E-state index contributed by atoms with van der Waals surface area (Å²) in [6.45, 7) is 0. The zero-order valence-electron chi connectivity index (χ0n) is 15.4. The lowest BCUT2D eigenvalue weighted by molar-refractivity contribution is 0.275. The van der Waals surface area contributed by atoms with Crippen LogP contribution in [0.15, 0.2) is 34.5 Å². The smallest absolute Gasteiger partial charge is 0.0770 e. The number of rotatable bonds is 2. The van der Waals surface area contributed by atoms with Gasteiger partial charge in [0.15, 0.2) is 0 Å². The quantitative estimate of drug-likeness (QED) is 0.486. The fraction of sp³-hybridized carbons (Fsp3) is 0.818. The Bertz CT molecular complexity index is 385. The van der Waals surface area contributed by atoms with Crippen LogP contribution < -0.4 is 0 Å². The first kappa shape index (κ1) is 17.9. The number of allylic oxidation sites excluding steroid dienone is 2. The molecule has 2 heteroatoms. The average Bonchev–Trinajstić information content (AvgIpc) is 2.64. The minimum Gasteiger partial charge on any atom is -0.190 e. The van der Waals surface area contributed by atoms with Gasteiger partial charge in [0.05, 0.1) is 12.1 Å². The summed E-state index contributed by atoms with van der Waals surface area (Å²) < 4.78 is 0. The normalized spacial score (nSPS) is 35.5. The third-order valence-electron chi connectivity index (χ3n) is 6.34. The van der Waals surface area contributed by atoms with Crippen LogP contribution in [0.2, 0.25) is 0 Å². The highest BCUT2D eigenvalue weighted by molar-refractivity contribution is 4.95. The molecule has 2 atom stereocenters. The zero-order valence-corrected chi connectivity index (χ0v) is 15.4. The maximum atomic E-state index is 4.98. The number of nitrogens with zero attached hydrogens (tertiary/aromatic N) is 2. The number of hydrogen-bond donors (Lipinski definition) is 0. The van der Waals surface area contributed by atoms with Crippen LogP contribution in [-0.2, 0) is 0 Å². The molecule has 2 fully saturated rings. The molecule has 2 aliphatic carbocycles. The first-order valence-corrected chi connectivity index (χ1v) is 10.6. The van der Waals surface area contributed by atoms with E-state index in [9.17, 15) is 0 Å². The van der Waals surface area contributed by atoms with E-state index in [1.54, 1.807) is 0 Å². The summed E-state index contributed by atoms with van der Waals surface area (Å²) in [5.74, 6) is 1.55. The van der Waals surface area contributed by atoms with E-state index < -0.39 is 0 Å². The van der Waals surface area contributed by atoms with Gasteiger partial charge in [-0.1, -0.05) is 62.8 Å². The maximum absolute atomic E-state index is 4.98. The highest BCUT2D eigenvalue weighted by atomic mass is 15.1. The lowest BCUT2D eigenvalue weighted by atomic mass is 9.82. The van der Waals surface area contributed by atoms with Gasteiger partial charge in [-0.15, -0.1) is 0 Å². The Morgan fingerprint density at radius 2 is 0.917 bits per heavy atom. The first-order chi connectivity index (χ1) is 11.9. The molecule has 3 rings (SSSR count). The largest absolute Gasteiger partial charge is 0.190 e. The maximum Gasteiger partial charge on any atom is 0.0770 e.